The van der Waals surface area contributed by atoms with E-state index in [1.165, 1.54) is 18.9 Å². The topological polar surface area (TPSA) is 98.1 Å². The first-order chi connectivity index (χ1) is 17.3. The lowest BCUT2D eigenvalue weighted by Crippen LogP contribution is -2.39. The van der Waals surface area contributed by atoms with Crippen molar-refractivity contribution in [2.45, 2.75) is 86.0 Å². The number of nitrogens with one attached hydrogen (secondary N) is 1. The van der Waals surface area contributed by atoms with E-state index in [1.807, 2.05) is 12.1 Å². The number of aromatic hydroxyl groups is 1. The number of unbranched alkanes of at least 4 members (excludes halogenated alkanes) is 2. The molecule has 1 heterocycles. The SMILES string of the molecule is CCCCC(CC)CN(CC(CC)CCCC)C(=O)c1cccc(N=Nc2c(C)cc(=O)[nH]c2O)c1. The van der Waals surface area contributed by atoms with Crippen molar-refractivity contribution in [2.24, 2.45) is 22.1 Å². The van der Waals surface area contributed by atoms with E-state index in [0.717, 1.165) is 51.6 Å². The molecule has 2 N–H and O–H groups in total. The second-order valence-corrected chi connectivity index (χ2v) is 9.81. The van der Waals surface area contributed by atoms with Gasteiger partial charge in [-0.1, -0.05) is 72.3 Å². The first kappa shape index (κ1) is 29.3. The number of aryl methyl sites for hydroxylation is 1. The van der Waals surface area contributed by atoms with Gasteiger partial charge in [0.2, 0.25) is 5.88 Å². The highest BCUT2D eigenvalue weighted by Crippen LogP contribution is 2.29. The van der Waals surface area contributed by atoms with Crippen molar-refractivity contribution in [2.75, 3.05) is 13.1 Å². The maximum Gasteiger partial charge on any atom is 0.253 e. The molecular weight excluding hydrogens is 452 g/mol. The minimum Gasteiger partial charge on any atom is -0.493 e. The highest BCUT2D eigenvalue weighted by atomic mass is 16.3. The van der Waals surface area contributed by atoms with Gasteiger partial charge in [-0.2, -0.15) is 5.11 Å². The number of aromatic nitrogens is 1. The van der Waals surface area contributed by atoms with Crippen molar-refractivity contribution in [1.82, 2.24) is 9.88 Å². The molecule has 1 aromatic heterocycles. The monoisotopic (exact) mass is 496 g/mol. The number of aromatic amines is 1. The Morgan fingerprint density at radius 1 is 0.972 bits per heavy atom. The molecule has 0 saturated heterocycles. The van der Waals surface area contributed by atoms with Crippen LogP contribution >= 0.6 is 0 Å². The highest BCUT2D eigenvalue weighted by molar-refractivity contribution is 5.95. The van der Waals surface area contributed by atoms with Gasteiger partial charge in [0.15, 0.2) is 0 Å². The van der Waals surface area contributed by atoms with E-state index in [2.05, 4.69) is 47.8 Å². The van der Waals surface area contributed by atoms with Crippen LogP contribution in [0, 0.1) is 18.8 Å². The van der Waals surface area contributed by atoms with Gasteiger partial charge < -0.3 is 10.0 Å². The van der Waals surface area contributed by atoms with E-state index in [0.29, 0.717) is 28.7 Å². The average molecular weight is 497 g/mol. The van der Waals surface area contributed by atoms with Crippen molar-refractivity contribution >= 4 is 17.3 Å². The zero-order valence-corrected chi connectivity index (χ0v) is 22.7. The summed E-state index contributed by atoms with van der Waals surface area (Å²) in [5, 5.41) is 18.4. The molecule has 0 aliphatic rings. The molecule has 0 aliphatic carbocycles. The van der Waals surface area contributed by atoms with E-state index in [1.54, 1.807) is 19.1 Å². The Balaban J connectivity index is 2.29. The molecule has 2 unspecified atom stereocenters. The van der Waals surface area contributed by atoms with Gasteiger partial charge in [-0.3, -0.25) is 14.6 Å². The summed E-state index contributed by atoms with van der Waals surface area (Å²) in [6.07, 6.45) is 9.09. The lowest BCUT2D eigenvalue weighted by Gasteiger charge is -2.31. The predicted molar refractivity (Wildman–Crippen MR) is 147 cm³/mol. The average Bonchev–Trinajstić information content (AvgIpc) is 2.87. The van der Waals surface area contributed by atoms with Gasteiger partial charge in [0.05, 0.1) is 5.69 Å². The Morgan fingerprint density at radius 2 is 1.58 bits per heavy atom. The number of rotatable bonds is 15. The van der Waals surface area contributed by atoms with Gasteiger partial charge in [0.25, 0.3) is 11.5 Å². The Morgan fingerprint density at radius 3 is 2.11 bits per heavy atom. The Hall–Kier alpha value is -2.96. The quantitative estimate of drug-likeness (QED) is 0.247. The number of carbonyl (C=O) groups excluding carboxylic acids is 1. The molecule has 0 bridgehead atoms. The van der Waals surface area contributed by atoms with Gasteiger partial charge in [0.1, 0.15) is 5.69 Å². The lowest BCUT2D eigenvalue weighted by molar-refractivity contribution is 0.0685. The summed E-state index contributed by atoms with van der Waals surface area (Å²) in [5.41, 5.74) is 1.43. The second-order valence-electron chi connectivity index (χ2n) is 9.81. The second kappa shape index (κ2) is 15.2. The van der Waals surface area contributed by atoms with Gasteiger partial charge in [-0.25, -0.2) is 0 Å². The number of amides is 1. The van der Waals surface area contributed by atoms with E-state index >= 15 is 0 Å². The lowest BCUT2D eigenvalue weighted by atomic mass is 9.95. The summed E-state index contributed by atoms with van der Waals surface area (Å²) >= 11 is 0. The van der Waals surface area contributed by atoms with Crippen molar-refractivity contribution in [1.29, 1.82) is 0 Å². The normalized spacial score (nSPS) is 13.1. The van der Waals surface area contributed by atoms with Crippen molar-refractivity contribution in [3.05, 3.63) is 51.8 Å². The van der Waals surface area contributed by atoms with Crippen LogP contribution in [0.5, 0.6) is 5.88 Å². The van der Waals surface area contributed by atoms with E-state index in [4.69, 9.17) is 0 Å². The van der Waals surface area contributed by atoms with Gasteiger partial charge >= 0.3 is 0 Å². The van der Waals surface area contributed by atoms with Crippen LogP contribution in [0.15, 0.2) is 45.4 Å². The Labute approximate surface area is 216 Å². The fourth-order valence-corrected chi connectivity index (χ4v) is 4.48. The molecule has 1 amide bonds. The third-order valence-electron chi connectivity index (χ3n) is 6.88. The number of hydrogen-bond donors (Lipinski definition) is 2. The minimum atomic E-state index is -0.398. The predicted octanol–water partition coefficient (Wildman–Crippen LogP) is 7.68. The van der Waals surface area contributed by atoms with Crippen molar-refractivity contribution in [3.8, 4) is 5.88 Å². The zero-order chi connectivity index (χ0) is 26.5. The molecule has 0 fully saturated rings. The first-order valence-corrected chi connectivity index (χ1v) is 13.6. The van der Waals surface area contributed by atoms with Crippen molar-refractivity contribution < 1.29 is 9.90 Å². The summed E-state index contributed by atoms with van der Waals surface area (Å²) in [6, 6.07) is 8.52. The molecule has 2 aromatic rings. The molecule has 7 heteroatoms. The summed E-state index contributed by atoms with van der Waals surface area (Å²) in [7, 11) is 0. The van der Waals surface area contributed by atoms with Crippen LogP contribution in [0.2, 0.25) is 0 Å². The van der Waals surface area contributed by atoms with E-state index < -0.39 is 5.56 Å². The molecule has 7 nitrogen and oxygen atoms in total. The smallest absolute Gasteiger partial charge is 0.253 e. The molecule has 36 heavy (non-hydrogen) atoms. The minimum absolute atomic E-state index is 0.0278. The van der Waals surface area contributed by atoms with Crippen LogP contribution < -0.4 is 5.56 Å². The highest BCUT2D eigenvalue weighted by Gasteiger charge is 2.22. The maximum absolute atomic E-state index is 13.7. The number of benzene rings is 1. The number of H-pyrrole nitrogens is 1. The van der Waals surface area contributed by atoms with Crippen LogP contribution in [-0.2, 0) is 0 Å². The molecule has 0 spiro atoms. The van der Waals surface area contributed by atoms with Gasteiger partial charge in [-0.15, -0.1) is 5.11 Å². The van der Waals surface area contributed by atoms with E-state index in [-0.39, 0.29) is 17.5 Å². The Kier molecular flexibility index (Phi) is 12.4. The Bertz CT molecular complexity index is 1000. The number of pyridine rings is 1. The summed E-state index contributed by atoms with van der Waals surface area (Å²) in [4.78, 5) is 29.6. The van der Waals surface area contributed by atoms with Crippen molar-refractivity contribution in [3.63, 3.8) is 0 Å². The van der Waals surface area contributed by atoms with Crippen LogP contribution in [0.1, 0.15) is 95.0 Å². The van der Waals surface area contributed by atoms with Crippen LogP contribution in [0.4, 0.5) is 11.4 Å². The fraction of sp³-hybridized carbons (Fsp3) is 0.586. The molecule has 0 aliphatic heterocycles. The fourth-order valence-electron chi connectivity index (χ4n) is 4.48. The molecular formula is C29H44N4O3. The van der Waals surface area contributed by atoms with Crippen LogP contribution in [-0.4, -0.2) is 34.0 Å². The summed E-state index contributed by atoms with van der Waals surface area (Å²) < 4.78 is 0. The molecule has 2 rings (SSSR count). The van der Waals surface area contributed by atoms with Crippen LogP contribution in [0.25, 0.3) is 0 Å². The number of nitrogens with zero attached hydrogens (tertiary/aromatic N) is 3. The standard InChI is InChI=1S/C29H44N4O3/c1-6-10-13-22(8-3)19-33(20-23(9-4)14-11-7-2)29(36)24-15-12-16-25(18-24)31-32-27-21(5)17-26(34)30-28(27)35/h12,15-18,22-23H,6-11,13-14,19-20H2,1-5H3,(H2,30,34,35). The van der Waals surface area contributed by atoms with E-state index in [9.17, 15) is 14.7 Å². The largest absolute Gasteiger partial charge is 0.493 e. The third kappa shape index (κ3) is 8.92. The van der Waals surface area contributed by atoms with Crippen LogP contribution in [0.3, 0.4) is 0 Å². The maximum atomic E-state index is 13.7. The number of azo groups is 1. The number of carbonyl (C=O) groups is 1. The zero-order valence-electron chi connectivity index (χ0n) is 22.7. The summed E-state index contributed by atoms with van der Waals surface area (Å²) in [6.45, 7) is 12.1. The first-order valence-electron chi connectivity index (χ1n) is 13.6. The third-order valence-corrected chi connectivity index (χ3v) is 6.88. The molecule has 0 radical (unpaired) electrons. The molecule has 1 aromatic carbocycles. The molecule has 0 saturated carbocycles. The molecule has 2 atom stereocenters. The molecule has 198 valence electrons. The van der Waals surface area contributed by atoms with Gasteiger partial charge in [-0.05, 0) is 55.4 Å². The summed E-state index contributed by atoms with van der Waals surface area (Å²) in [5.74, 6) is 0.691. The van der Waals surface area contributed by atoms with Gasteiger partial charge in [0, 0.05) is 24.7 Å². The number of hydrogen-bond acceptors (Lipinski definition) is 5.